The van der Waals surface area contributed by atoms with Gasteiger partial charge in [-0.2, -0.15) is 0 Å². The van der Waals surface area contributed by atoms with Crippen LogP contribution >= 0.6 is 0 Å². The van der Waals surface area contributed by atoms with Crippen molar-refractivity contribution < 1.29 is 27.9 Å². The summed E-state index contributed by atoms with van der Waals surface area (Å²) < 4.78 is 29.9. The van der Waals surface area contributed by atoms with Crippen LogP contribution in [0.25, 0.3) is 0 Å². The summed E-state index contributed by atoms with van der Waals surface area (Å²) in [5.74, 6) is -1.96. The van der Waals surface area contributed by atoms with E-state index in [0.717, 1.165) is 0 Å². The monoisotopic (exact) mass is 295 g/mol. The van der Waals surface area contributed by atoms with Crippen molar-refractivity contribution in [2.75, 3.05) is 12.4 Å². The number of ether oxygens (including phenoxy) is 1. The fourth-order valence-electron chi connectivity index (χ4n) is 1.34. The van der Waals surface area contributed by atoms with Crippen molar-refractivity contribution >= 4 is 22.0 Å². The normalized spacial score (nSPS) is 12.9. The second-order valence-electron chi connectivity index (χ2n) is 4.02. The number of unbranched alkanes of at least 4 members (excludes halogenated alkanes) is 1. The van der Waals surface area contributed by atoms with Crippen LogP contribution in [0.3, 0.4) is 0 Å². The van der Waals surface area contributed by atoms with Crippen molar-refractivity contribution in [3.63, 3.8) is 0 Å². The topological polar surface area (TPSA) is 110 Å². The van der Waals surface area contributed by atoms with Crippen molar-refractivity contribution in [1.29, 1.82) is 0 Å². The van der Waals surface area contributed by atoms with Gasteiger partial charge in [0.05, 0.1) is 12.4 Å². The lowest BCUT2D eigenvalue weighted by Gasteiger charge is -2.14. The van der Waals surface area contributed by atoms with Gasteiger partial charge in [-0.1, -0.05) is 13.3 Å². The van der Waals surface area contributed by atoms with Gasteiger partial charge in [0.2, 0.25) is 10.0 Å². The fraction of sp³-hybridized carbons (Fsp3) is 0.818. The maximum absolute atomic E-state index is 11.6. The minimum absolute atomic E-state index is 0.118. The predicted molar refractivity (Wildman–Crippen MR) is 69.1 cm³/mol. The molecule has 0 fully saturated rings. The first-order chi connectivity index (χ1) is 8.82. The van der Waals surface area contributed by atoms with Crippen molar-refractivity contribution in [2.24, 2.45) is 0 Å². The molecule has 0 saturated heterocycles. The van der Waals surface area contributed by atoms with Gasteiger partial charge < -0.3 is 9.84 Å². The molecule has 0 aromatic rings. The highest BCUT2D eigenvalue weighted by molar-refractivity contribution is 7.89. The molecule has 0 aromatic heterocycles. The Morgan fingerprint density at radius 3 is 2.42 bits per heavy atom. The number of sulfonamides is 1. The van der Waals surface area contributed by atoms with E-state index in [9.17, 15) is 18.0 Å². The van der Waals surface area contributed by atoms with Gasteiger partial charge in [0.25, 0.3) is 0 Å². The number of carboxylic acids is 1. The summed E-state index contributed by atoms with van der Waals surface area (Å²) in [5.41, 5.74) is 0. The van der Waals surface area contributed by atoms with Gasteiger partial charge >= 0.3 is 11.9 Å². The van der Waals surface area contributed by atoms with E-state index >= 15 is 0 Å². The minimum Gasteiger partial charge on any atom is -0.480 e. The van der Waals surface area contributed by atoms with Crippen LogP contribution in [-0.4, -0.2) is 43.9 Å². The van der Waals surface area contributed by atoms with Crippen LogP contribution in [0, 0.1) is 0 Å². The van der Waals surface area contributed by atoms with Gasteiger partial charge in [0.1, 0.15) is 6.04 Å². The van der Waals surface area contributed by atoms with Crippen molar-refractivity contribution in [3.8, 4) is 0 Å². The average Bonchev–Trinajstić information content (AvgIpc) is 2.32. The summed E-state index contributed by atoms with van der Waals surface area (Å²) in [5, 5.41) is 8.93. The molecular formula is C11H21NO6S. The molecule has 0 spiro atoms. The number of esters is 1. The number of aliphatic carboxylic acids is 1. The minimum atomic E-state index is -3.63. The van der Waals surface area contributed by atoms with E-state index in [1.807, 2.05) is 6.92 Å². The van der Waals surface area contributed by atoms with E-state index < -0.39 is 28.0 Å². The highest BCUT2D eigenvalue weighted by atomic mass is 32.2. The molecule has 112 valence electrons. The summed E-state index contributed by atoms with van der Waals surface area (Å²) in [6.07, 6.45) is 0.891. The van der Waals surface area contributed by atoms with Crippen molar-refractivity contribution in [3.05, 3.63) is 0 Å². The van der Waals surface area contributed by atoms with Gasteiger partial charge in [-0.15, -0.1) is 0 Å². The fourth-order valence-corrected chi connectivity index (χ4v) is 2.78. The standard InChI is InChI=1S/C11H21NO6S/c1-3-5-8-19(16,17)12-9(11(14)15)6-7-10(13)18-4-2/h9,12H,3-8H2,1-2H3,(H,14,15)/t9-/m0/s1. The Kier molecular flexibility index (Phi) is 8.33. The molecule has 0 saturated carbocycles. The molecule has 8 heteroatoms. The van der Waals surface area contributed by atoms with Gasteiger partial charge in [-0.05, 0) is 19.8 Å². The van der Waals surface area contributed by atoms with Gasteiger partial charge in [-0.3, -0.25) is 9.59 Å². The number of hydrogen-bond donors (Lipinski definition) is 2. The van der Waals surface area contributed by atoms with Crippen molar-refractivity contribution in [2.45, 2.75) is 45.6 Å². The Bertz CT molecular complexity index is 392. The quantitative estimate of drug-likeness (QED) is 0.568. The molecule has 0 aliphatic carbocycles. The highest BCUT2D eigenvalue weighted by Crippen LogP contribution is 2.03. The van der Waals surface area contributed by atoms with Crippen LogP contribution in [0.5, 0.6) is 0 Å². The van der Waals surface area contributed by atoms with Gasteiger partial charge in [0, 0.05) is 6.42 Å². The number of carbonyl (C=O) groups excluding carboxylic acids is 1. The Balaban J connectivity index is 4.42. The second-order valence-corrected chi connectivity index (χ2v) is 5.90. The molecule has 1 atom stereocenters. The molecule has 0 bridgehead atoms. The number of rotatable bonds is 10. The van der Waals surface area contributed by atoms with E-state index in [1.165, 1.54) is 0 Å². The third kappa shape index (κ3) is 8.55. The lowest BCUT2D eigenvalue weighted by atomic mass is 10.2. The molecule has 7 nitrogen and oxygen atoms in total. The van der Waals surface area contributed by atoms with E-state index in [0.29, 0.717) is 12.8 Å². The maximum Gasteiger partial charge on any atom is 0.321 e. The number of carbonyl (C=O) groups is 2. The summed E-state index contributed by atoms with van der Waals surface area (Å²) in [6.45, 7) is 3.68. The van der Waals surface area contributed by atoms with E-state index in [1.54, 1.807) is 6.92 Å². The van der Waals surface area contributed by atoms with E-state index in [2.05, 4.69) is 9.46 Å². The summed E-state index contributed by atoms with van der Waals surface area (Å²) >= 11 is 0. The Morgan fingerprint density at radius 1 is 1.32 bits per heavy atom. The molecule has 0 unspecified atom stereocenters. The van der Waals surface area contributed by atoms with Crippen LogP contribution in [0.2, 0.25) is 0 Å². The third-order valence-electron chi connectivity index (χ3n) is 2.33. The first-order valence-electron chi connectivity index (χ1n) is 6.20. The number of hydrogen-bond acceptors (Lipinski definition) is 5. The van der Waals surface area contributed by atoms with E-state index in [-0.39, 0.29) is 25.2 Å². The van der Waals surface area contributed by atoms with Gasteiger partial charge in [-0.25, -0.2) is 13.1 Å². The first-order valence-corrected chi connectivity index (χ1v) is 7.86. The maximum atomic E-state index is 11.6. The van der Waals surface area contributed by atoms with Crippen LogP contribution in [0.4, 0.5) is 0 Å². The zero-order chi connectivity index (χ0) is 14.9. The molecular weight excluding hydrogens is 274 g/mol. The molecule has 2 N–H and O–H groups in total. The van der Waals surface area contributed by atoms with Crippen LogP contribution in [-0.2, 0) is 24.3 Å². The summed E-state index contributed by atoms with van der Waals surface area (Å²) in [6, 6.07) is -1.30. The molecule has 0 heterocycles. The predicted octanol–water partition coefficient (Wildman–Crippen LogP) is 0.502. The summed E-state index contributed by atoms with van der Waals surface area (Å²) in [4.78, 5) is 22.1. The molecule has 0 aromatic carbocycles. The molecule has 0 aliphatic rings. The smallest absolute Gasteiger partial charge is 0.321 e. The largest absolute Gasteiger partial charge is 0.480 e. The van der Waals surface area contributed by atoms with Crippen LogP contribution in [0.1, 0.15) is 39.5 Å². The van der Waals surface area contributed by atoms with E-state index in [4.69, 9.17) is 5.11 Å². The number of nitrogens with one attached hydrogen (secondary N) is 1. The lowest BCUT2D eigenvalue weighted by molar-refractivity contribution is -0.144. The zero-order valence-electron chi connectivity index (χ0n) is 11.2. The molecule has 0 aliphatic heterocycles. The van der Waals surface area contributed by atoms with Crippen molar-refractivity contribution in [1.82, 2.24) is 4.72 Å². The SMILES string of the molecule is CCCCS(=O)(=O)N[C@@H](CCC(=O)OCC)C(=O)O. The Morgan fingerprint density at radius 2 is 1.95 bits per heavy atom. The molecule has 19 heavy (non-hydrogen) atoms. The Labute approximate surface area is 113 Å². The lowest BCUT2D eigenvalue weighted by Crippen LogP contribution is -2.42. The van der Waals surface area contributed by atoms with Crippen LogP contribution < -0.4 is 4.72 Å². The zero-order valence-corrected chi connectivity index (χ0v) is 12.0. The first kappa shape index (κ1) is 17.8. The van der Waals surface area contributed by atoms with Crippen LogP contribution in [0.15, 0.2) is 0 Å². The molecule has 0 rings (SSSR count). The molecule has 0 radical (unpaired) electrons. The summed E-state index contributed by atoms with van der Waals surface area (Å²) in [7, 11) is -3.63. The highest BCUT2D eigenvalue weighted by Gasteiger charge is 2.24. The molecule has 0 amide bonds. The third-order valence-corrected chi connectivity index (χ3v) is 3.80. The average molecular weight is 295 g/mol. The number of carboxylic acid groups (broad SMARTS) is 1. The van der Waals surface area contributed by atoms with Gasteiger partial charge in [0.15, 0.2) is 0 Å². The second kappa shape index (κ2) is 8.87. The Hall–Kier alpha value is -1.15.